The molecule has 0 aromatic rings. The molecule has 0 aromatic carbocycles. The van der Waals surface area contributed by atoms with Gasteiger partial charge in [0.1, 0.15) is 0 Å². The van der Waals surface area contributed by atoms with Gasteiger partial charge in [-0.2, -0.15) is 0 Å². The molecule has 1 heterocycles. The average molecular weight is 96.1 g/mol. The minimum absolute atomic E-state index is 0. The van der Waals surface area contributed by atoms with Gasteiger partial charge in [-0.3, -0.25) is 0 Å². The van der Waals surface area contributed by atoms with Gasteiger partial charge >= 0.3 is 18.9 Å². The van der Waals surface area contributed by atoms with E-state index in [0.29, 0.717) is 0 Å². The Kier molecular flexibility index (Phi) is 5.02. The molecule has 0 aromatic heterocycles. The van der Waals surface area contributed by atoms with E-state index in [0.717, 1.165) is 26.4 Å². The fraction of sp³-hybridized carbons (Fsp3) is 1.00. The zero-order chi connectivity index (χ0) is 4.24. The molecule has 0 amide bonds. The Labute approximate surface area is 56.8 Å². The van der Waals surface area contributed by atoms with Gasteiger partial charge in [0.15, 0.2) is 0 Å². The van der Waals surface area contributed by atoms with E-state index >= 15 is 0 Å². The number of rotatable bonds is 0. The molecule has 38 valence electrons. The van der Waals surface area contributed by atoms with Gasteiger partial charge in [-0.15, -0.1) is 0 Å². The average Bonchev–Trinajstić information content (AvgIpc) is 1.72. The van der Waals surface area contributed by atoms with Crippen molar-refractivity contribution in [2.75, 3.05) is 26.4 Å². The Morgan fingerprint density at radius 2 is 1.14 bits per heavy atom. The van der Waals surface area contributed by atoms with Gasteiger partial charge < -0.3 is 10.9 Å². The van der Waals surface area contributed by atoms with Crippen molar-refractivity contribution in [3.63, 3.8) is 0 Å². The zero-order valence-corrected chi connectivity index (χ0v) is 4.64. The quantitative estimate of drug-likeness (QED) is 0.302. The summed E-state index contributed by atoms with van der Waals surface area (Å²) in [6.45, 7) is 3.11. The summed E-state index contributed by atoms with van der Waals surface area (Å²) in [5, 5.41) is 0. The zero-order valence-electron chi connectivity index (χ0n) is 5.64. The van der Waals surface area contributed by atoms with E-state index in [2.05, 4.69) is 0 Å². The van der Waals surface area contributed by atoms with Crippen molar-refractivity contribution in [3.8, 4) is 0 Å². The van der Waals surface area contributed by atoms with Crippen LogP contribution in [0, 0.1) is 0 Å². The third kappa shape index (κ3) is 3.13. The van der Waals surface area contributed by atoms with Crippen LogP contribution in [0.2, 0.25) is 0 Å². The molecule has 0 bridgehead atoms. The molecule has 1 aliphatic heterocycles. The maximum absolute atomic E-state index is 4.94. The van der Waals surface area contributed by atoms with Crippen molar-refractivity contribution in [1.29, 1.82) is 0 Å². The molecule has 1 rings (SSSR count). The second-order valence-corrected chi connectivity index (χ2v) is 1.22. The maximum atomic E-state index is 4.94. The summed E-state index contributed by atoms with van der Waals surface area (Å²) in [5.41, 5.74) is 0. The molecule has 0 radical (unpaired) electrons. The molecule has 0 saturated carbocycles. The molecule has 3 heteroatoms. The topological polar surface area (TPSA) is 18.5 Å². The summed E-state index contributed by atoms with van der Waals surface area (Å²) in [5.74, 6) is 0. The first-order valence-electron chi connectivity index (χ1n) is 2.15. The third-order valence-corrected chi connectivity index (χ3v) is 0.744. The standard InChI is InChI=1S/C4H8O2.Li.H/c1-2-6-4-3-5-1;;/h1-4H2;;/q;+1;-1. The first-order valence-corrected chi connectivity index (χ1v) is 2.15. The van der Waals surface area contributed by atoms with E-state index in [1.54, 1.807) is 0 Å². The predicted molar refractivity (Wildman–Crippen MR) is 22.7 cm³/mol. The first kappa shape index (κ1) is 7.52. The van der Waals surface area contributed by atoms with Crippen LogP contribution < -0.4 is 18.9 Å². The minimum Gasteiger partial charge on any atom is -1.00 e. The number of ether oxygens (including phenoxy) is 2. The molecule has 1 saturated heterocycles. The normalized spacial score (nSPS) is 20.6. The molecule has 1 aliphatic rings. The van der Waals surface area contributed by atoms with Gasteiger partial charge in [0.25, 0.3) is 0 Å². The molecule has 0 aliphatic carbocycles. The van der Waals surface area contributed by atoms with Crippen LogP contribution in [0.4, 0.5) is 0 Å². The van der Waals surface area contributed by atoms with Gasteiger partial charge in [0, 0.05) is 0 Å². The fourth-order valence-electron chi connectivity index (χ4n) is 0.440. The SMILES string of the molecule is C1COCCO1.[H-].[Li+]. The molecule has 2 nitrogen and oxygen atoms in total. The van der Waals surface area contributed by atoms with Crippen molar-refractivity contribution >= 4 is 0 Å². The molecule has 0 atom stereocenters. The Balaban J connectivity index is 0. The second-order valence-electron chi connectivity index (χ2n) is 1.22. The van der Waals surface area contributed by atoms with Crippen LogP contribution in [-0.2, 0) is 9.47 Å². The molecule has 1 fully saturated rings. The Morgan fingerprint density at radius 1 is 0.857 bits per heavy atom. The van der Waals surface area contributed by atoms with Crippen molar-refractivity contribution in [1.82, 2.24) is 0 Å². The van der Waals surface area contributed by atoms with E-state index in [9.17, 15) is 0 Å². The van der Waals surface area contributed by atoms with Gasteiger partial charge in [0.05, 0.1) is 26.4 Å². The monoisotopic (exact) mass is 96.1 g/mol. The Morgan fingerprint density at radius 3 is 1.29 bits per heavy atom. The van der Waals surface area contributed by atoms with E-state index in [1.165, 1.54) is 0 Å². The summed E-state index contributed by atoms with van der Waals surface area (Å²) in [6.07, 6.45) is 0. The molecule has 7 heavy (non-hydrogen) atoms. The van der Waals surface area contributed by atoms with Crippen LogP contribution in [0.5, 0.6) is 0 Å². The van der Waals surface area contributed by atoms with E-state index in [4.69, 9.17) is 9.47 Å². The van der Waals surface area contributed by atoms with Crippen molar-refractivity contribution in [2.45, 2.75) is 0 Å². The van der Waals surface area contributed by atoms with Gasteiger partial charge in [-0.05, 0) is 0 Å². The van der Waals surface area contributed by atoms with Crippen LogP contribution in [-0.4, -0.2) is 26.4 Å². The Hall–Kier alpha value is 0.517. The maximum Gasteiger partial charge on any atom is 1.00 e. The van der Waals surface area contributed by atoms with E-state index < -0.39 is 0 Å². The molecule has 0 N–H and O–H groups in total. The van der Waals surface area contributed by atoms with Crippen LogP contribution in [0.15, 0.2) is 0 Å². The number of hydrogen-bond acceptors (Lipinski definition) is 2. The molecular formula is C4H9LiO2. The van der Waals surface area contributed by atoms with Gasteiger partial charge in [-0.1, -0.05) is 0 Å². The fourth-order valence-corrected chi connectivity index (χ4v) is 0.440. The first-order chi connectivity index (χ1) is 3.00. The van der Waals surface area contributed by atoms with Crippen LogP contribution in [0.25, 0.3) is 0 Å². The molecule has 0 spiro atoms. The summed E-state index contributed by atoms with van der Waals surface area (Å²) in [4.78, 5) is 0. The molecule has 0 unspecified atom stereocenters. The van der Waals surface area contributed by atoms with Crippen LogP contribution >= 0.6 is 0 Å². The summed E-state index contributed by atoms with van der Waals surface area (Å²) in [6, 6.07) is 0. The smallest absolute Gasteiger partial charge is 1.00 e. The second kappa shape index (κ2) is 4.67. The van der Waals surface area contributed by atoms with Crippen molar-refractivity contribution in [2.24, 2.45) is 0 Å². The van der Waals surface area contributed by atoms with Crippen molar-refractivity contribution < 1.29 is 29.8 Å². The summed E-state index contributed by atoms with van der Waals surface area (Å²) < 4.78 is 9.89. The van der Waals surface area contributed by atoms with Gasteiger partial charge in [-0.25, -0.2) is 0 Å². The van der Waals surface area contributed by atoms with E-state index in [-0.39, 0.29) is 20.3 Å². The number of hydrogen-bond donors (Lipinski definition) is 0. The minimum atomic E-state index is 0. The molecular weight excluding hydrogens is 87.0 g/mol. The largest absolute Gasteiger partial charge is 1.00 e. The summed E-state index contributed by atoms with van der Waals surface area (Å²) in [7, 11) is 0. The van der Waals surface area contributed by atoms with Crippen LogP contribution in [0.3, 0.4) is 0 Å². The third-order valence-electron chi connectivity index (χ3n) is 0.744. The van der Waals surface area contributed by atoms with Crippen molar-refractivity contribution in [3.05, 3.63) is 0 Å². The Bertz CT molecular complexity index is 29.5. The predicted octanol–water partition coefficient (Wildman–Crippen LogP) is -2.85. The van der Waals surface area contributed by atoms with Crippen LogP contribution in [0.1, 0.15) is 1.43 Å². The van der Waals surface area contributed by atoms with Gasteiger partial charge in [0.2, 0.25) is 0 Å². The summed E-state index contributed by atoms with van der Waals surface area (Å²) >= 11 is 0. The van der Waals surface area contributed by atoms with E-state index in [1.807, 2.05) is 0 Å².